The summed E-state index contributed by atoms with van der Waals surface area (Å²) in [6.07, 6.45) is 0. The van der Waals surface area contributed by atoms with Crippen molar-refractivity contribution in [2.24, 2.45) is 0 Å². The van der Waals surface area contributed by atoms with Gasteiger partial charge in [0.25, 0.3) is 5.91 Å². The van der Waals surface area contributed by atoms with Gasteiger partial charge in [0.15, 0.2) is 6.61 Å². The number of rotatable bonds is 4. The van der Waals surface area contributed by atoms with Gasteiger partial charge in [-0.2, -0.15) is 0 Å². The van der Waals surface area contributed by atoms with E-state index in [0.29, 0.717) is 10.8 Å². The molecule has 0 fully saturated rings. The zero-order chi connectivity index (χ0) is 15.8. The molecule has 1 amide bonds. The molecule has 2 aromatic rings. The maximum absolute atomic E-state index is 11.6. The highest BCUT2D eigenvalue weighted by Gasteiger charge is 2.03. The van der Waals surface area contributed by atoms with Crippen LogP contribution in [0.25, 0.3) is 0 Å². The number of nitrogens with one attached hydrogen (secondary N) is 1. The first-order valence-corrected chi connectivity index (χ1v) is 7.22. The van der Waals surface area contributed by atoms with Crippen molar-refractivity contribution in [2.45, 2.75) is 6.92 Å². The molecule has 4 heteroatoms. The molecule has 22 heavy (non-hydrogen) atoms. The fraction of sp³-hybridized carbons (Fsp3) is 0.167. The van der Waals surface area contributed by atoms with Gasteiger partial charge in [-0.15, -0.1) is 0 Å². The number of halogens is 1. The number of aryl methyl sites for hydroxylation is 1. The second-order valence-electron chi connectivity index (χ2n) is 4.64. The van der Waals surface area contributed by atoms with E-state index in [2.05, 4.69) is 17.2 Å². The molecule has 0 saturated carbocycles. The summed E-state index contributed by atoms with van der Waals surface area (Å²) in [6, 6.07) is 14.9. The Balaban J connectivity index is 1.74. The van der Waals surface area contributed by atoms with Gasteiger partial charge in [-0.3, -0.25) is 4.79 Å². The van der Waals surface area contributed by atoms with Crippen LogP contribution in [0.4, 0.5) is 0 Å². The van der Waals surface area contributed by atoms with E-state index in [1.165, 1.54) is 0 Å². The van der Waals surface area contributed by atoms with Gasteiger partial charge in [0.05, 0.1) is 6.54 Å². The highest BCUT2D eigenvalue weighted by atomic mass is 35.5. The van der Waals surface area contributed by atoms with Crippen LogP contribution < -0.4 is 10.1 Å². The number of carbonyl (C=O) groups excluding carboxylic acids is 1. The summed E-state index contributed by atoms with van der Waals surface area (Å²) in [5.74, 6) is 6.26. The van der Waals surface area contributed by atoms with Crippen molar-refractivity contribution in [3.8, 4) is 17.6 Å². The summed E-state index contributed by atoms with van der Waals surface area (Å²) < 4.78 is 5.40. The molecule has 0 aliphatic rings. The topological polar surface area (TPSA) is 38.3 Å². The first kappa shape index (κ1) is 15.9. The third kappa shape index (κ3) is 5.16. The van der Waals surface area contributed by atoms with E-state index in [1.807, 2.05) is 37.3 Å². The van der Waals surface area contributed by atoms with Crippen molar-refractivity contribution in [3.63, 3.8) is 0 Å². The Hall–Kier alpha value is -2.44. The third-order valence-electron chi connectivity index (χ3n) is 2.88. The number of hydrogen-bond donors (Lipinski definition) is 1. The molecular formula is C18H16ClNO2. The van der Waals surface area contributed by atoms with Gasteiger partial charge in [-0.1, -0.05) is 41.6 Å². The standard InChI is InChI=1S/C18H16ClNO2/c1-14-12-16(9-10-17(14)19)22-13-18(21)20-11-5-8-15-6-3-2-4-7-15/h2-4,6-7,9-10,12H,11,13H2,1H3,(H,20,21). The summed E-state index contributed by atoms with van der Waals surface area (Å²) in [5, 5.41) is 3.36. The Kier molecular flexibility index (Phi) is 5.88. The predicted octanol–water partition coefficient (Wildman–Crippen LogP) is 3.20. The zero-order valence-electron chi connectivity index (χ0n) is 12.2. The monoisotopic (exact) mass is 313 g/mol. The van der Waals surface area contributed by atoms with Gasteiger partial charge in [0.1, 0.15) is 5.75 Å². The van der Waals surface area contributed by atoms with Crippen molar-refractivity contribution in [1.82, 2.24) is 5.32 Å². The van der Waals surface area contributed by atoms with Crippen LogP contribution in [0.1, 0.15) is 11.1 Å². The fourth-order valence-electron chi connectivity index (χ4n) is 1.72. The molecule has 0 aliphatic carbocycles. The first-order valence-electron chi connectivity index (χ1n) is 6.85. The van der Waals surface area contributed by atoms with E-state index in [-0.39, 0.29) is 19.1 Å². The first-order chi connectivity index (χ1) is 10.6. The van der Waals surface area contributed by atoms with E-state index in [4.69, 9.17) is 16.3 Å². The van der Waals surface area contributed by atoms with Gasteiger partial charge in [0, 0.05) is 10.6 Å². The summed E-state index contributed by atoms with van der Waals surface area (Å²) in [4.78, 5) is 11.6. The van der Waals surface area contributed by atoms with E-state index in [9.17, 15) is 4.79 Å². The average Bonchev–Trinajstić information content (AvgIpc) is 2.54. The maximum atomic E-state index is 11.6. The van der Waals surface area contributed by atoms with Gasteiger partial charge in [0.2, 0.25) is 0 Å². The molecule has 2 rings (SSSR count). The predicted molar refractivity (Wildman–Crippen MR) is 88.0 cm³/mol. The van der Waals surface area contributed by atoms with Crippen LogP contribution in [0.5, 0.6) is 5.75 Å². The fourth-order valence-corrected chi connectivity index (χ4v) is 1.83. The van der Waals surface area contributed by atoms with Crippen LogP contribution in [0.2, 0.25) is 5.02 Å². The number of ether oxygens (including phenoxy) is 1. The lowest BCUT2D eigenvalue weighted by atomic mass is 10.2. The molecular weight excluding hydrogens is 298 g/mol. The molecule has 2 aromatic carbocycles. The molecule has 0 aromatic heterocycles. The summed E-state index contributed by atoms with van der Waals surface area (Å²) in [5.41, 5.74) is 1.83. The SMILES string of the molecule is Cc1cc(OCC(=O)NCC#Cc2ccccc2)ccc1Cl. The molecule has 112 valence electrons. The molecule has 0 bridgehead atoms. The molecule has 0 saturated heterocycles. The summed E-state index contributed by atoms with van der Waals surface area (Å²) in [7, 11) is 0. The van der Waals surface area contributed by atoms with E-state index >= 15 is 0 Å². The van der Waals surface area contributed by atoms with Crippen LogP contribution in [-0.2, 0) is 4.79 Å². The third-order valence-corrected chi connectivity index (χ3v) is 3.30. The van der Waals surface area contributed by atoms with Crippen LogP contribution in [0.15, 0.2) is 48.5 Å². The second-order valence-corrected chi connectivity index (χ2v) is 5.05. The Morgan fingerprint density at radius 3 is 2.73 bits per heavy atom. The van der Waals surface area contributed by atoms with Crippen LogP contribution in [-0.4, -0.2) is 19.1 Å². The molecule has 0 radical (unpaired) electrons. The Morgan fingerprint density at radius 2 is 2.00 bits per heavy atom. The highest BCUT2D eigenvalue weighted by Crippen LogP contribution is 2.20. The van der Waals surface area contributed by atoms with Gasteiger partial charge >= 0.3 is 0 Å². The molecule has 0 unspecified atom stereocenters. The van der Waals surface area contributed by atoms with Gasteiger partial charge in [-0.05, 0) is 42.8 Å². The van der Waals surface area contributed by atoms with Crippen LogP contribution in [0, 0.1) is 18.8 Å². The minimum Gasteiger partial charge on any atom is -0.484 e. The molecule has 0 aliphatic heterocycles. The minimum absolute atomic E-state index is 0.0475. The smallest absolute Gasteiger partial charge is 0.258 e. The molecule has 0 heterocycles. The Labute approximate surface area is 135 Å². The quantitative estimate of drug-likeness (QED) is 0.880. The lowest BCUT2D eigenvalue weighted by Crippen LogP contribution is -2.29. The molecule has 1 N–H and O–H groups in total. The minimum atomic E-state index is -0.213. The van der Waals surface area contributed by atoms with Gasteiger partial charge in [-0.25, -0.2) is 0 Å². The van der Waals surface area contributed by atoms with Crippen molar-refractivity contribution in [3.05, 3.63) is 64.7 Å². The summed E-state index contributed by atoms with van der Waals surface area (Å²) >= 11 is 5.93. The van der Waals surface area contributed by atoms with Crippen LogP contribution >= 0.6 is 11.6 Å². The molecule has 0 spiro atoms. The lowest BCUT2D eigenvalue weighted by molar-refractivity contribution is -0.122. The van der Waals surface area contributed by atoms with E-state index in [1.54, 1.807) is 18.2 Å². The number of benzene rings is 2. The van der Waals surface area contributed by atoms with Crippen molar-refractivity contribution < 1.29 is 9.53 Å². The number of amides is 1. The van der Waals surface area contributed by atoms with Crippen molar-refractivity contribution in [1.29, 1.82) is 0 Å². The molecule has 3 nitrogen and oxygen atoms in total. The highest BCUT2D eigenvalue weighted by molar-refractivity contribution is 6.31. The van der Waals surface area contributed by atoms with Crippen LogP contribution in [0.3, 0.4) is 0 Å². The molecule has 0 atom stereocenters. The number of carbonyl (C=O) groups is 1. The normalized spacial score (nSPS) is 9.55. The lowest BCUT2D eigenvalue weighted by Gasteiger charge is -2.07. The largest absolute Gasteiger partial charge is 0.484 e. The van der Waals surface area contributed by atoms with Gasteiger partial charge < -0.3 is 10.1 Å². The average molecular weight is 314 g/mol. The van der Waals surface area contributed by atoms with Crippen molar-refractivity contribution in [2.75, 3.05) is 13.2 Å². The summed E-state index contributed by atoms with van der Waals surface area (Å²) in [6.45, 7) is 2.12. The van der Waals surface area contributed by atoms with E-state index in [0.717, 1.165) is 11.1 Å². The Bertz CT molecular complexity index is 702. The maximum Gasteiger partial charge on any atom is 0.258 e. The Morgan fingerprint density at radius 1 is 1.23 bits per heavy atom. The van der Waals surface area contributed by atoms with E-state index < -0.39 is 0 Å². The second kappa shape index (κ2) is 8.11. The van der Waals surface area contributed by atoms with Crippen molar-refractivity contribution >= 4 is 17.5 Å². The zero-order valence-corrected chi connectivity index (χ0v) is 13.0. The number of hydrogen-bond acceptors (Lipinski definition) is 2.